The fourth-order valence-corrected chi connectivity index (χ4v) is 0.0887. The van der Waals surface area contributed by atoms with E-state index in [4.69, 9.17) is 0 Å². The van der Waals surface area contributed by atoms with Gasteiger partial charge in [0, 0.05) is 6.08 Å². The highest BCUT2D eigenvalue weighted by atomic mass is 19.1. The fraction of sp³-hybridized carbons (Fsp3) is 0.250. The van der Waals surface area contributed by atoms with Gasteiger partial charge in [-0.25, -0.2) is 4.39 Å². The molecule has 0 aromatic rings. The fourth-order valence-electron chi connectivity index (χ4n) is 0.0887. The molecule has 0 saturated carbocycles. The van der Waals surface area contributed by atoms with Crippen LogP contribution >= 0.6 is 0 Å². The van der Waals surface area contributed by atoms with Crippen LogP contribution < -0.4 is 0 Å². The van der Waals surface area contributed by atoms with Crippen LogP contribution in [0.25, 0.3) is 0 Å². The van der Waals surface area contributed by atoms with Crippen LogP contribution in [0.5, 0.6) is 0 Å². The van der Waals surface area contributed by atoms with E-state index in [1.165, 1.54) is 6.92 Å². The zero-order valence-corrected chi connectivity index (χ0v) is 3.44. The molecule has 6 heavy (non-hydrogen) atoms. The second-order valence-corrected chi connectivity index (χ2v) is 0.903. The first-order valence-corrected chi connectivity index (χ1v) is 1.54. The minimum atomic E-state index is -0.266. The third-order valence-electron chi connectivity index (χ3n) is 0.298. The number of hydrogen-bond acceptors (Lipinski definition) is 1. The number of hydrogen-bond donors (Lipinski definition) is 0. The van der Waals surface area contributed by atoms with E-state index in [9.17, 15) is 9.18 Å². The Hall–Kier alpha value is -0.660. The second-order valence-electron chi connectivity index (χ2n) is 0.903. The van der Waals surface area contributed by atoms with Crippen LogP contribution in [0.4, 0.5) is 4.39 Å². The van der Waals surface area contributed by atoms with E-state index in [0.29, 0.717) is 0 Å². The van der Waals surface area contributed by atoms with E-state index < -0.39 is 0 Å². The van der Waals surface area contributed by atoms with Gasteiger partial charge in [0.1, 0.15) is 0 Å². The minimum absolute atomic E-state index is 0.225. The van der Waals surface area contributed by atoms with Crippen molar-refractivity contribution in [3.8, 4) is 0 Å². The molecule has 0 aliphatic heterocycles. The average Bonchev–Trinajstić information content (AvgIpc) is 1.35. The summed E-state index contributed by atoms with van der Waals surface area (Å²) in [7, 11) is 0. The smallest absolute Gasteiger partial charge is 0.154 e. The Labute approximate surface area is 35.5 Å². The molecule has 0 atom stereocenters. The quantitative estimate of drug-likeness (QED) is 0.438. The van der Waals surface area contributed by atoms with Crippen molar-refractivity contribution < 1.29 is 9.18 Å². The van der Waals surface area contributed by atoms with E-state index in [1.807, 2.05) is 0 Å². The van der Waals surface area contributed by atoms with E-state index >= 15 is 0 Å². The molecule has 0 aliphatic rings. The number of rotatable bonds is 1. The third-order valence-corrected chi connectivity index (χ3v) is 0.298. The van der Waals surface area contributed by atoms with Crippen LogP contribution in [0.15, 0.2) is 12.4 Å². The molecule has 0 N–H and O–H groups in total. The number of halogens is 1. The summed E-state index contributed by atoms with van der Waals surface area (Å²) in [4.78, 5) is 9.72. The second kappa shape index (κ2) is 2.57. The lowest BCUT2D eigenvalue weighted by atomic mass is 10.5. The molecule has 1 nitrogen and oxygen atoms in total. The largest absolute Gasteiger partial charge is 0.295 e. The Bertz CT molecular complexity index is 75.6. The predicted molar refractivity (Wildman–Crippen MR) is 20.9 cm³/mol. The van der Waals surface area contributed by atoms with E-state index in [0.717, 1.165) is 6.08 Å². The Morgan fingerprint density at radius 1 is 1.83 bits per heavy atom. The van der Waals surface area contributed by atoms with Gasteiger partial charge in [-0.3, -0.25) is 4.79 Å². The molecule has 0 spiro atoms. The third kappa shape index (κ3) is 3.34. The summed E-state index contributed by atoms with van der Waals surface area (Å²) in [5.74, 6) is -0.266. The number of carbonyl (C=O) groups is 1. The summed E-state index contributed by atoms with van der Waals surface area (Å²) in [5, 5.41) is 0. The lowest BCUT2D eigenvalue weighted by Crippen LogP contribution is -1.75. The maximum Gasteiger partial charge on any atom is 0.154 e. The Morgan fingerprint density at radius 3 is 2.33 bits per heavy atom. The molecular weight excluding hydrogens is 83.0 g/mol. The van der Waals surface area contributed by atoms with Gasteiger partial charge in [0.25, 0.3) is 0 Å². The van der Waals surface area contributed by atoms with Gasteiger partial charge < -0.3 is 0 Å². The van der Waals surface area contributed by atoms with Gasteiger partial charge in [0.2, 0.25) is 0 Å². The zero-order valence-electron chi connectivity index (χ0n) is 3.44. The van der Waals surface area contributed by atoms with Crippen molar-refractivity contribution >= 4 is 5.78 Å². The summed E-state index contributed by atoms with van der Waals surface area (Å²) in [6.45, 7) is 1.29. The molecule has 0 unspecified atom stereocenters. The van der Waals surface area contributed by atoms with Crippen molar-refractivity contribution in [1.29, 1.82) is 0 Å². The highest BCUT2D eigenvalue weighted by molar-refractivity contribution is 5.86. The van der Waals surface area contributed by atoms with Crippen LogP contribution in [0.3, 0.4) is 0 Å². The van der Waals surface area contributed by atoms with Crippen LogP contribution in [0, 0.1) is 0 Å². The average molecular weight is 88.1 g/mol. The molecule has 0 heterocycles. The standard InChI is InChI=1S/C4H5FO/c1-4(6)2-3-5/h2-3H,1H3/b3-2+. The number of carbonyl (C=O) groups excluding carboxylic acids is 1. The normalized spacial score (nSPS) is 9.67. The van der Waals surface area contributed by atoms with Crippen molar-refractivity contribution in [3.63, 3.8) is 0 Å². The summed E-state index contributed by atoms with van der Waals surface area (Å²) in [6.07, 6.45) is 1.09. The predicted octanol–water partition coefficient (Wildman–Crippen LogP) is 1.06. The first-order chi connectivity index (χ1) is 2.77. The molecule has 0 aliphatic carbocycles. The maximum atomic E-state index is 10.8. The van der Waals surface area contributed by atoms with E-state index in [2.05, 4.69) is 0 Å². The molecule has 0 aromatic carbocycles. The van der Waals surface area contributed by atoms with Gasteiger partial charge in [0.15, 0.2) is 5.78 Å². The van der Waals surface area contributed by atoms with E-state index in [1.54, 1.807) is 0 Å². The molecule has 0 radical (unpaired) electrons. The van der Waals surface area contributed by atoms with Gasteiger partial charge >= 0.3 is 0 Å². The topological polar surface area (TPSA) is 17.1 Å². The van der Waals surface area contributed by atoms with Crippen LogP contribution in [0.1, 0.15) is 6.92 Å². The van der Waals surface area contributed by atoms with Crippen LogP contribution in [0.2, 0.25) is 0 Å². The molecular formula is C4H5FO. The van der Waals surface area contributed by atoms with Crippen molar-refractivity contribution in [2.24, 2.45) is 0 Å². The van der Waals surface area contributed by atoms with Crippen molar-refractivity contribution in [3.05, 3.63) is 12.4 Å². The van der Waals surface area contributed by atoms with Crippen LogP contribution in [-0.2, 0) is 4.79 Å². The van der Waals surface area contributed by atoms with Crippen molar-refractivity contribution in [1.82, 2.24) is 0 Å². The highest BCUT2D eigenvalue weighted by Crippen LogP contribution is 1.72. The monoisotopic (exact) mass is 88.0 g/mol. The highest BCUT2D eigenvalue weighted by Gasteiger charge is 1.75. The molecule has 0 saturated heterocycles. The van der Waals surface area contributed by atoms with Gasteiger partial charge in [-0.2, -0.15) is 0 Å². The Balaban J connectivity index is 3.30. The molecule has 0 amide bonds. The molecule has 2 heteroatoms. The van der Waals surface area contributed by atoms with Gasteiger partial charge in [-0.1, -0.05) is 0 Å². The first kappa shape index (κ1) is 5.34. The minimum Gasteiger partial charge on any atom is -0.295 e. The molecule has 0 bridgehead atoms. The van der Waals surface area contributed by atoms with Crippen molar-refractivity contribution in [2.75, 3.05) is 0 Å². The maximum absolute atomic E-state index is 10.8. The lowest BCUT2D eigenvalue weighted by molar-refractivity contribution is -0.112. The SMILES string of the molecule is CC(=O)/C=C/F. The van der Waals surface area contributed by atoms with Crippen LogP contribution in [-0.4, -0.2) is 5.78 Å². The number of allylic oxidation sites excluding steroid dienone is 1. The zero-order chi connectivity index (χ0) is 4.99. The molecule has 0 rings (SSSR count). The first-order valence-electron chi connectivity index (χ1n) is 1.54. The molecule has 34 valence electrons. The summed E-state index contributed by atoms with van der Waals surface area (Å²) >= 11 is 0. The Kier molecular flexibility index (Phi) is 2.29. The van der Waals surface area contributed by atoms with Gasteiger partial charge in [-0.05, 0) is 6.92 Å². The lowest BCUT2D eigenvalue weighted by Gasteiger charge is -1.66. The number of ketones is 1. The molecule has 0 fully saturated rings. The van der Waals surface area contributed by atoms with E-state index in [-0.39, 0.29) is 12.1 Å². The van der Waals surface area contributed by atoms with Gasteiger partial charge in [0.05, 0.1) is 6.33 Å². The van der Waals surface area contributed by atoms with Gasteiger partial charge in [-0.15, -0.1) is 0 Å². The Morgan fingerprint density at radius 2 is 2.33 bits per heavy atom. The summed E-state index contributed by atoms with van der Waals surface area (Å²) in [5.41, 5.74) is 0. The summed E-state index contributed by atoms with van der Waals surface area (Å²) in [6, 6.07) is 0. The molecule has 0 aromatic heterocycles. The summed E-state index contributed by atoms with van der Waals surface area (Å²) < 4.78 is 10.8. The van der Waals surface area contributed by atoms with Crippen molar-refractivity contribution in [2.45, 2.75) is 6.92 Å².